The van der Waals surface area contributed by atoms with Crippen LogP contribution in [0.25, 0.3) is 0 Å². The summed E-state index contributed by atoms with van der Waals surface area (Å²) in [6.07, 6.45) is 2.13. The monoisotopic (exact) mass is 140 g/mol. The van der Waals surface area contributed by atoms with Crippen LogP contribution >= 0.6 is 0 Å². The third kappa shape index (κ3) is 1.57. The Labute approximate surface area is 60.3 Å². The normalized spacial score (nSPS) is 13.5. The van der Waals surface area contributed by atoms with E-state index in [-0.39, 0.29) is 6.10 Å². The maximum Gasteiger partial charge on any atom is 0.0567 e. The molecule has 0 radical (unpaired) electrons. The summed E-state index contributed by atoms with van der Waals surface area (Å²) in [5.41, 5.74) is 1.06. The van der Waals surface area contributed by atoms with E-state index in [1.165, 1.54) is 0 Å². The van der Waals surface area contributed by atoms with Crippen LogP contribution in [0.1, 0.15) is 12.6 Å². The molecule has 1 aromatic rings. The topological polar surface area (TPSA) is 38.1 Å². The summed E-state index contributed by atoms with van der Waals surface area (Å²) in [4.78, 5) is 0. The molecule has 56 valence electrons. The Morgan fingerprint density at radius 3 is 2.90 bits per heavy atom. The van der Waals surface area contributed by atoms with E-state index in [1.54, 1.807) is 17.8 Å². The Morgan fingerprint density at radius 1 is 1.80 bits per heavy atom. The largest absolute Gasteiger partial charge is 0.393 e. The van der Waals surface area contributed by atoms with Crippen molar-refractivity contribution >= 4 is 0 Å². The van der Waals surface area contributed by atoms with E-state index in [4.69, 9.17) is 5.11 Å². The fraction of sp³-hybridized carbons (Fsp3) is 0.571. The van der Waals surface area contributed by atoms with Gasteiger partial charge in [0.25, 0.3) is 0 Å². The molecule has 1 aromatic heterocycles. The summed E-state index contributed by atoms with van der Waals surface area (Å²) >= 11 is 0. The number of aliphatic hydroxyl groups excluding tert-OH is 1. The molecule has 0 bridgehead atoms. The van der Waals surface area contributed by atoms with Crippen LogP contribution in [-0.2, 0) is 13.5 Å². The SMILES string of the molecule is C[C@H](O)Cc1ccnn1C. The van der Waals surface area contributed by atoms with E-state index >= 15 is 0 Å². The molecular weight excluding hydrogens is 128 g/mol. The van der Waals surface area contributed by atoms with Gasteiger partial charge in [-0.05, 0) is 13.0 Å². The number of aliphatic hydroxyl groups is 1. The van der Waals surface area contributed by atoms with Gasteiger partial charge in [-0.2, -0.15) is 5.10 Å². The van der Waals surface area contributed by atoms with Gasteiger partial charge in [-0.3, -0.25) is 4.68 Å². The molecule has 10 heavy (non-hydrogen) atoms. The van der Waals surface area contributed by atoms with Crippen molar-refractivity contribution in [2.75, 3.05) is 0 Å². The van der Waals surface area contributed by atoms with Gasteiger partial charge >= 0.3 is 0 Å². The molecule has 1 N–H and O–H groups in total. The number of hydrogen-bond donors (Lipinski definition) is 1. The lowest BCUT2D eigenvalue weighted by molar-refractivity contribution is 0.193. The van der Waals surface area contributed by atoms with Crippen LogP contribution in [-0.4, -0.2) is 21.0 Å². The average Bonchev–Trinajstić information content (AvgIpc) is 2.15. The van der Waals surface area contributed by atoms with Gasteiger partial charge in [0.1, 0.15) is 0 Å². The Bertz CT molecular complexity index is 205. The van der Waals surface area contributed by atoms with Crippen molar-refractivity contribution in [3.8, 4) is 0 Å². The van der Waals surface area contributed by atoms with Gasteiger partial charge in [-0.25, -0.2) is 0 Å². The smallest absolute Gasteiger partial charge is 0.0567 e. The number of aryl methyl sites for hydroxylation is 1. The first-order valence-corrected chi connectivity index (χ1v) is 3.35. The van der Waals surface area contributed by atoms with E-state index in [2.05, 4.69) is 5.10 Å². The minimum absolute atomic E-state index is 0.282. The highest BCUT2D eigenvalue weighted by Crippen LogP contribution is 1.99. The number of nitrogens with zero attached hydrogens (tertiary/aromatic N) is 2. The van der Waals surface area contributed by atoms with Crippen molar-refractivity contribution in [3.05, 3.63) is 18.0 Å². The highest BCUT2D eigenvalue weighted by atomic mass is 16.3. The second-order valence-corrected chi connectivity index (χ2v) is 2.50. The molecule has 0 aliphatic carbocycles. The second kappa shape index (κ2) is 2.84. The maximum absolute atomic E-state index is 9.01. The fourth-order valence-corrected chi connectivity index (χ4v) is 0.904. The maximum atomic E-state index is 9.01. The fourth-order valence-electron chi connectivity index (χ4n) is 0.904. The van der Waals surface area contributed by atoms with Crippen molar-refractivity contribution < 1.29 is 5.11 Å². The molecular formula is C7H12N2O. The van der Waals surface area contributed by atoms with Crippen molar-refractivity contribution in [2.24, 2.45) is 7.05 Å². The van der Waals surface area contributed by atoms with Gasteiger partial charge in [0.15, 0.2) is 0 Å². The van der Waals surface area contributed by atoms with Gasteiger partial charge in [0, 0.05) is 25.4 Å². The van der Waals surface area contributed by atoms with E-state index in [1.807, 2.05) is 13.1 Å². The summed E-state index contributed by atoms with van der Waals surface area (Å²) in [7, 11) is 1.87. The Balaban J connectivity index is 2.65. The van der Waals surface area contributed by atoms with Gasteiger partial charge in [0.2, 0.25) is 0 Å². The molecule has 1 atom stereocenters. The summed E-state index contributed by atoms with van der Waals surface area (Å²) < 4.78 is 1.77. The van der Waals surface area contributed by atoms with Gasteiger partial charge < -0.3 is 5.11 Å². The minimum atomic E-state index is -0.282. The van der Waals surface area contributed by atoms with Crippen LogP contribution in [0.3, 0.4) is 0 Å². The van der Waals surface area contributed by atoms with Crippen LogP contribution in [0.5, 0.6) is 0 Å². The van der Waals surface area contributed by atoms with Crippen molar-refractivity contribution in [3.63, 3.8) is 0 Å². The third-order valence-electron chi connectivity index (χ3n) is 1.43. The minimum Gasteiger partial charge on any atom is -0.393 e. The molecule has 0 amide bonds. The number of hydrogen-bond acceptors (Lipinski definition) is 2. The van der Waals surface area contributed by atoms with Gasteiger partial charge in [-0.1, -0.05) is 0 Å². The van der Waals surface area contributed by atoms with Gasteiger partial charge in [-0.15, -0.1) is 0 Å². The van der Waals surface area contributed by atoms with E-state index < -0.39 is 0 Å². The molecule has 3 heteroatoms. The zero-order chi connectivity index (χ0) is 7.56. The average molecular weight is 140 g/mol. The van der Waals surface area contributed by atoms with Crippen molar-refractivity contribution in [1.29, 1.82) is 0 Å². The number of aromatic nitrogens is 2. The molecule has 0 unspecified atom stereocenters. The summed E-state index contributed by atoms with van der Waals surface area (Å²) in [5.74, 6) is 0. The van der Waals surface area contributed by atoms with Crippen molar-refractivity contribution in [1.82, 2.24) is 9.78 Å². The summed E-state index contributed by atoms with van der Waals surface area (Å²) in [5, 5.41) is 13.0. The second-order valence-electron chi connectivity index (χ2n) is 2.50. The molecule has 3 nitrogen and oxygen atoms in total. The molecule has 0 saturated heterocycles. The third-order valence-corrected chi connectivity index (χ3v) is 1.43. The predicted octanol–water partition coefficient (Wildman–Crippen LogP) is 0.343. The highest BCUT2D eigenvalue weighted by Gasteiger charge is 2.01. The Morgan fingerprint density at radius 2 is 2.50 bits per heavy atom. The standard InChI is InChI=1S/C7H12N2O/c1-6(10)5-7-3-4-8-9(7)2/h3-4,6,10H,5H2,1-2H3/t6-/m0/s1. The zero-order valence-electron chi connectivity index (χ0n) is 6.28. The molecule has 0 spiro atoms. The zero-order valence-corrected chi connectivity index (χ0v) is 6.28. The first-order valence-electron chi connectivity index (χ1n) is 3.35. The van der Waals surface area contributed by atoms with Crippen LogP contribution in [0, 0.1) is 0 Å². The van der Waals surface area contributed by atoms with Gasteiger partial charge in [0.05, 0.1) is 6.10 Å². The quantitative estimate of drug-likeness (QED) is 0.643. The first-order chi connectivity index (χ1) is 4.70. The first kappa shape index (κ1) is 7.28. The molecule has 0 fully saturated rings. The van der Waals surface area contributed by atoms with E-state index in [0.29, 0.717) is 6.42 Å². The Hall–Kier alpha value is -0.830. The van der Waals surface area contributed by atoms with Crippen molar-refractivity contribution in [2.45, 2.75) is 19.4 Å². The summed E-state index contributed by atoms with van der Waals surface area (Å²) in [6.45, 7) is 1.77. The predicted molar refractivity (Wildman–Crippen MR) is 38.6 cm³/mol. The molecule has 0 aliphatic rings. The number of rotatable bonds is 2. The molecule has 0 saturated carbocycles. The Kier molecular flexibility index (Phi) is 2.06. The lowest BCUT2D eigenvalue weighted by atomic mass is 10.2. The van der Waals surface area contributed by atoms with Crippen LogP contribution in [0.15, 0.2) is 12.3 Å². The van der Waals surface area contributed by atoms with Crippen LogP contribution < -0.4 is 0 Å². The lowest BCUT2D eigenvalue weighted by Crippen LogP contribution is -2.08. The molecule has 0 aromatic carbocycles. The highest BCUT2D eigenvalue weighted by molar-refractivity contribution is 5.00. The molecule has 1 heterocycles. The molecule has 1 rings (SSSR count). The van der Waals surface area contributed by atoms with E-state index in [0.717, 1.165) is 5.69 Å². The summed E-state index contributed by atoms with van der Waals surface area (Å²) in [6, 6.07) is 1.91. The van der Waals surface area contributed by atoms with Crippen LogP contribution in [0.2, 0.25) is 0 Å². The van der Waals surface area contributed by atoms with Crippen LogP contribution in [0.4, 0.5) is 0 Å². The van der Waals surface area contributed by atoms with E-state index in [9.17, 15) is 0 Å². The lowest BCUT2D eigenvalue weighted by Gasteiger charge is -2.02. The molecule has 0 aliphatic heterocycles.